The first-order valence-electron chi connectivity index (χ1n) is 20.2. The van der Waals surface area contributed by atoms with Crippen molar-refractivity contribution in [3.63, 3.8) is 0 Å². The molecule has 0 aromatic rings. The third-order valence-corrected chi connectivity index (χ3v) is 9.81. The molecule has 0 aromatic carbocycles. The topological polar surface area (TPSA) is 83.5 Å². The summed E-state index contributed by atoms with van der Waals surface area (Å²) in [5.74, 6) is -0.521. The number of ketones is 1. The van der Waals surface area contributed by atoms with Gasteiger partial charge in [-0.1, -0.05) is 200 Å². The minimum Gasteiger partial charge on any atom is -0.396 e. The average molecular weight is 624 g/mol. The van der Waals surface area contributed by atoms with Crippen molar-refractivity contribution in [1.29, 1.82) is 0 Å². The van der Waals surface area contributed by atoms with Crippen LogP contribution in [0, 0.1) is 5.92 Å². The summed E-state index contributed by atoms with van der Waals surface area (Å²) in [4.78, 5) is 12.6. The molecule has 4 nitrogen and oxygen atoms in total. The fourth-order valence-electron chi connectivity index (χ4n) is 6.64. The number of unbranched alkanes of at least 4 members (excludes halogenated alkanes) is 30. The van der Waals surface area contributed by atoms with Crippen molar-refractivity contribution in [3.05, 3.63) is 0 Å². The predicted molar refractivity (Wildman–Crippen MR) is 193 cm³/mol. The van der Waals surface area contributed by atoms with Gasteiger partial charge in [-0.2, -0.15) is 0 Å². The van der Waals surface area contributed by atoms with Crippen molar-refractivity contribution < 1.29 is 15.0 Å². The number of aliphatic hydroxyl groups excluding tert-OH is 2. The molecule has 2 unspecified atom stereocenters. The molecular weight excluding hydrogens is 542 g/mol. The zero-order valence-corrected chi connectivity index (χ0v) is 30.0. The van der Waals surface area contributed by atoms with Crippen LogP contribution >= 0.6 is 0 Å². The summed E-state index contributed by atoms with van der Waals surface area (Å²) in [6, 6.07) is 0. The van der Waals surface area contributed by atoms with Crippen molar-refractivity contribution in [2.75, 3.05) is 13.2 Å². The molecule has 0 heterocycles. The van der Waals surface area contributed by atoms with E-state index in [9.17, 15) is 15.0 Å². The minimum atomic E-state index is -0.683. The summed E-state index contributed by atoms with van der Waals surface area (Å²) < 4.78 is 0. The first-order valence-corrected chi connectivity index (χ1v) is 20.2. The molecular formula is C40H81NO3. The molecule has 0 amide bonds. The fourth-order valence-corrected chi connectivity index (χ4v) is 6.64. The summed E-state index contributed by atoms with van der Waals surface area (Å²) in [5.41, 5.74) is 5.54. The van der Waals surface area contributed by atoms with Gasteiger partial charge in [0.2, 0.25) is 0 Å². The molecule has 0 fully saturated rings. The fraction of sp³-hybridized carbons (Fsp3) is 0.975. The minimum absolute atomic E-state index is 0.0614. The highest BCUT2D eigenvalue weighted by Crippen LogP contribution is 2.19. The van der Waals surface area contributed by atoms with Crippen LogP contribution in [0.15, 0.2) is 0 Å². The van der Waals surface area contributed by atoms with Gasteiger partial charge in [-0.25, -0.2) is 0 Å². The van der Waals surface area contributed by atoms with Crippen molar-refractivity contribution in [1.82, 2.24) is 0 Å². The van der Waals surface area contributed by atoms with Crippen LogP contribution in [0.25, 0.3) is 0 Å². The Morgan fingerprint density at radius 1 is 0.477 bits per heavy atom. The van der Waals surface area contributed by atoms with Gasteiger partial charge in [0.05, 0.1) is 18.6 Å². The van der Waals surface area contributed by atoms with E-state index < -0.39 is 12.0 Å². The van der Waals surface area contributed by atoms with E-state index in [1.54, 1.807) is 0 Å². The van der Waals surface area contributed by atoms with E-state index >= 15 is 0 Å². The summed E-state index contributed by atoms with van der Waals surface area (Å²) in [5, 5.41) is 20.3. The van der Waals surface area contributed by atoms with E-state index in [0.29, 0.717) is 12.8 Å². The van der Waals surface area contributed by atoms with Crippen LogP contribution in [0.3, 0.4) is 0 Å². The largest absolute Gasteiger partial charge is 0.396 e. The van der Waals surface area contributed by atoms with Crippen LogP contribution in [0.5, 0.6) is 0 Å². The SMILES string of the molecule is CCCCCCCCCCCCCCCCCCCCCC(=O)C(CO)C(O)CCCCCCCCCCCCCCCN. The lowest BCUT2D eigenvalue weighted by atomic mass is 9.91. The Balaban J connectivity index is 3.49. The smallest absolute Gasteiger partial charge is 0.140 e. The van der Waals surface area contributed by atoms with Gasteiger partial charge in [-0.05, 0) is 25.8 Å². The molecule has 0 aliphatic rings. The summed E-state index contributed by atoms with van der Waals surface area (Å²) in [7, 11) is 0. The first-order chi connectivity index (χ1) is 21.7. The standard InChI is InChI=1S/C40H81NO3/c1-2-3-4-5-6-7-8-9-10-11-12-13-14-16-19-22-25-28-31-34-39(43)38(37-42)40(44)35-32-29-26-23-20-17-15-18-21-24-27-30-33-36-41/h38,40,42,44H,2-37,41H2,1H3. The molecule has 44 heavy (non-hydrogen) atoms. The Morgan fingerprint density at radius 3 is 1.09 bits per heavy atom. The second-order valence-electron chi connectivity index (χ2n) is 14.1. The highest BCUT2D eigenvalue weighted by molar-refractivity contribution is 5.81. The van der Waals surface area contributed by atoms with E-state index in [2.05, 4.69) is 6.92 Å². The van der Waals surface area contributed by atoms with Gasteiger partial charge >= 0.3 is 0 Å². The Labute approximate surface area is 276 Å². The average Bonchev–Trinajstić information content (AvgIpc) is 3.02. The van der Waals surface area contributed by atoms with E-state index in [0.717, 1.165) is 32.2 Å². The summed E-state index contributed by atoms with van der Waals surface area (Å²) >= 11 is 0. The number of rotatable bonds is 38. The monoisotopic (exact) mass is 624 g/mol. The lowest BCUT2D eigenvalue weighted by Crippen LogP contribution is -2.31. The Morgan fingerprint density at radius 2 is 0.773 bits per heavy atom. The van der Waals surface area contributed by atoms with E-state index in [-0.39, 0.29) is 12.4 Å². The number of hydrogen-bond acceptors (Lipinski definition) is 4. The van der Waals surface area contributed by atoms with Crippen LogP contribution in [0.2, 0.25) is 0 Å². The van der Waals surface area contributed by atoms with Gasteiger partial charge in [-0.3, -0.25) is 4.79 Å². The molecule has 0 saturated carbocycles. The quantitative estimate of drug-likeness (QED) is 0.0597. The van der Waals surface area contributed by atoms with Gasteiger partial charge in [0.15, 0.2) is 0 Å². The van der Waals surface area contributed by atoms with E-state index in [1.807, 2.05) is 0 Å². The van der Waals surface area contributed by atoms with Crippen molar-refractivity contribution >= 4 is 5.78 Å². The molecule has 0 spiro atoms. The van der Waals surface area contributed by atoms with Crippen molar-refractivity contribution in [2.45, 2.75) is 231 Å². The number of carbonyl (C=O) groups excluding carboxylic acids is 1. The number of hydrogen-bond donors (Lipinski definition) is 3. The molecule has 0 aliphatic carbocycles. The van der Waals surface area contributed by atoms with E-state index in [1.165, 1.54) is 180 Å². The Hall–Kier alpha value is -0.450. The van der Waals surface area contributed by atoms with Crippen molar-refractivity contribution in [3.8, 4) is 0 Å². The maximum atomic E-state index is 12.6. The number of nitrogens with two attached hydrogens (primary N) is 1. The summed E-state index contributed by atoms with van der Waals surface area (Å²) in [6.45, 7) is 2.90. The van der Waals surface area contributed by atoms with E-state index in [4.69, 9.17) is 5.73 Å². The molecule has 4 heteroatoms. The van der Waals surface area contributed by atoms with Gasteiger partial charge in [0.25, 0.3) is 0 Å². The Kier molecular flexibility index (Phi) is 36.6. The normalized spacial score (nSPS) is 13.0. The van der Waals surface area contributed by atoms with Crippen LogP contribution in [-0.2, 0) is 4.79 Å². The molecule has 4 N–H and O–H groups in total. The van der Waals surface area contributed by atoms with Gasteiger partial charge in [0.1, 0.15) is 5.78 Å². The lowest BCUT2D eigenvalue weighted by molar-refractivity contribution is -0.128. The second-order valence-corrected chi connectivity index (χ2v) is 14.1. The van der Waals surface area contributed by atoms with Crippen molar-refractivity contribution in [2.24, 2.45) is 11.7 Å². The highest BCUT2D eigenvalue weighted by atomic mass is 16.3. The van der Waals surface area contributed by atoms with Crippen LogP contribution in [-0.4, -0.2) is 35.3 Å². The maximum Gasteiger partial charge on any atom is 0.140 e. The third-order valence-electron chi connectivity index (χ3n) is 9.81. The Bertz CT molecular complexity index is 555. The van der Waals surface area contributed by atoms with Gasteiger partial charge in [0, 0.05) is 6.42 Å². The maximum absolute atomic E-state index is 12.6. The second kappa shape index (κ2) is 37.0. The molecule has 264 valence electrons. The van der Waals surface area contributed by atoms with Crippen LogP contribution < -0.4 is 5.73 Å². The predicted octanol–water partition coefficient (Wildman–Crippen LogP) is 11.8. The third kappa shape index (κ3) is 31.5. The summed E-state index contributed by atoms with van der Waals surface area (Å²) in [6.07, 6.45) is 42.5. The number of aliphatic hydroxyl groups is 2. The highest BCUT2D eigenvalue weighted by Gasteiger charge is 2.25. The zero-order chi connectivity index (χ0) is 32.2. The molecule has 0 bridgehead atoms. The molecule has 0 aromatic heterocycles. The molecule has 0 aliphatic heterocycles. The molecule has 2 atom stereocenters. The van der Waals surface area contributed by atoms with Gasteiger partial charge < -0.3 is 15.9 Å². The van der Waals surface area contributed by atoms with Gasteiger partial charge in [-0.15, -0.1) is 0 Å². The number of carbonyl (C=O) groups is 1. The molecule has 0 saturated heterocycles. The van der Waals surface area contributed by atoms with Crippen LogP contribution in [0.1, 0.15) is 225 Å². The lowest BCUT2D eigenvalue weighted by Gasteiger charge is -2.20. The molecule has 0 rings (SSSR count). The number of Topliss-reactive ketones (excluding diaryl/α,β-unsaturated/α-hetero) is 1. The molecule has 0 radical (unpaired) electrons. The first kappa shape index (κ1) is 43.5. The zero-order valence-electron chi connectivity index (χ0n) is 30.0. The van der Waals surface area contributed by atoms with Crippen LogP contribution in [0.4, 0.5) is 0 Å².